The van der Waals surface area contributed by atoms with E-state index in [9.17, 15) is 13.2 Å². The largest absolute Gasteiger partial charge is 0.390 e. The molecule has 0 bridgehead atoms. The number of hydrogen-bond acceptors (Lipinski definition) is 2. The minimum Gasteiger partial charge on any atom is -0.311 e. The van der Waals surface area contributed by atoms with E-state index in [4.69, 9.17) is 0 Å². The van der Waals surface area contributed by atoms with Crippen molar-refractivity contribution in [1.82, 2.24) is 10.2 Å². The summed E-state index contributed by atoms with van der Waals surface area (Å²) in [6.07, 6.45) is -2.81. The van der Waals surface area contributed by atoms with Crippen LogP contribution < -0.4 is 5.32 Å². The molecule has 0 saturated carbocycles. The van der Waals surface area contributed by atoms with Crippen LogP contribution in [-0.2, 0) is 0 Å². The lowest BCUT2D eigenvalue weighted by Gasteiger charge is -2.40. The van der Waals surface area contributed by atoms with Crippen molar-refractivity contribution in [2.24, 2.45) is 5.92 Å². The molecule has 1 N–H and O–H groups in total. The third-order valence-electron chi connectivity index (χ3n) is 3.52. The van der Waals surface area contributed by atoms with E-state index in [1.807, 2.05) is 11.8 Å². The molecule has 0 aliphatic carbocycles. The number of nitrogens with one attached hydrogen (secondary N) is 1. The monoisotopic (exact) mass is 266 g/mol. The lowest BCUT2D eigenvalue weighted by Crippen LogP contribution is -2.57. The summed E-state index contributed by atoms with van der Waals surface area (Å²) in [5.74, 6) is 0.574. The molecule has 108 valence electrons. The fourth-order valence-electron chi connectivity index (χ4n) is 2.60. The van der Waals surface area contributed by atoms with Gasteiger partial charge in [0.05, 0.1) is 6.42 Å². The van der Waals surface area contributed by atoms with E-state index >= 15 is 0 Å². The fourth-order valence-corrected chi connectivity index (χ4v) is 2.60. The predicted octanol–water partition coefficient (Wildman–Crippen LogP) is 3.04. The number of nitrogens with zero attached hydrogens (tertiary/aromatic N) is 1. The van der Waals surface area contributed by atoms with E-state index in [2.05, 4.69) is 19.2 Å². The molecule has 0 aromatic carbocycles. The first-order valence-electron chi connectivity index (χ1n) is 6.86. The van der Waals surface area contributed by atoms with E-state index in [-0.39, 0.29) is 12.6 Å². The molecule has 1 saturated heterocycles. The molecule has 2 unspecified atom stereocenters. The van der Waals surface area contributed by atoms with Gasteiger partial charge in [-0.15, -0.1) is 0 Å². The zero-order valence-corrected chi connectivity index (χ0v) is 11.6. The SMILES string of the molecule is CCC1CNC(CC(C)C)CN1CCC(F)(F)F. The second-order valence-corrected chi connectivity index (χ2v) is 5.66. The molecule has 1 rings (SSSR count). The van der Waals surface area contributed by atoms with Crippen LogP contribution >= 0.6 is 0 Å². The number of alkyl halides is 3. The van der Waals surface area contributed by atoms with E-state index in [1.165, 1.54) is 0 Å². The minimum absolute atomic E-state index is 0.137. The molecule has 0 aromatic heterocycles. The van der Waals surface area contributed by atoms with Crippen LogP contribution in [0.4, 0.5) is 13.2 Å². The minimum atomic E-state index is -4.04. The van der Waals surface area contributed by atoms with Gasteiger partial charge in [0.1, 0.15) is 0 Å². The summed E-state index contributed by atoms with van der Waals surface area (Å²) >= 11 is 0. The molecule has 0 spiro atoms. The van der Waals surface area contributed by atoms with Crippen LogP contribution in [0.3, 0.4) is 0 Å². The summed E-state index contributed by atoms with van der Waals surface area (Å²) in [4.78, 5) is 2.01. The van der Waals surface area contributed by atoms with Crippen molar-refractivity contribution in [3.05, 3.63) is 0 Å². The first-order valence-corrected chi connectivity index (χ1v) is 6.86. The second-order valence-electron chi connectivity index (χ2n) is 5.66. The molecular weight excluding hydrogens is 241 g/mol. The van der Waals surface area contributed by atoms with Crippen LogP contribution in [0.2, 0.25) is 0 Å². The van der Waals surface area contributed by atoms with Gasteiger partial charge in [-0.2, -0.15) is 13.2 Å². The Hall–Kier alpha value is -0.290. The van der Waals surface area contributed by atoms with Gasteiger partial charge in [0, 0.05) is 31.7 Å². The third kappa shape index (κ3) is 5.57. The van der Waals surface area contributed by atoms with Crippen LogP contribution in [-0.4, -0.2) is 42.8 Å². The predicted molar refractivity (Wildman–Crippen MR) is 67.6 cm³/mol. The highest BCUT2D eigenvalue weighted by atomic mass is 19.4. The van der Waals surface area contributed by atoms with Crippen LogP contribution in [0.15, 0.2) is 0 Å². The molecule has 5 heteroatoms. The highest BCUT2D eigenvalue weighted by Crippen LogP contribution is 2.22. The Bertz CT molecular complexity index is 241. The average molecular weight is 266 g/mol. The maximum absolute atomic E-state index is 12.3. The van der Waals surface area contributed by atoms with E-state index in [1.54, 1.807) is 0 Å². The van der Waals surface area contributed by atoms with Gasteiger partial charge < -0.3 is 5.32 Å². The standard InChI is InChI=1S/C13H25F3N2/c1-4-12-8-17-11(7-10(2)3)9-18(12)6-5-13(14,15)16/h10-12,17H,4-9H2,1-3H3. The van der Waals surface area contributed by atoms with Crippen molar-refractivity contribution in [2.75, 3.05) is 19.6 Å². The maximum atomic E-state index is 12.3. The number of hydrogen-bond donors (Lipinski definition) is 1. The Labute approximate surface area is 108 Å². The summed E-state index contributed by atoms with van der Waals surface area (Å²) in [6.45, 7) is 8.02. The molecule has 0 amide bonds. The van der Waals surface area contributed by atoms with Crippen molar-refractivity contribution in [2.45, 2.75) is 58.3 Å². The quantitative estimate of drug-likeness (QED) is 0.823. The Morgan fingerprint density at radius 1 is 1.33 bits per heavy atom. The van der Waals surface area contributed by atoms with Gasteiger partial charge in [0.25, 0.3) is 0 Å². The first kappa shape index (κ1) is 15.8. The smallest absolute Gasteiger partial charge is 0.311 e. The van der Waals surface area contributed by atoms with Crippen LogP contribution in [0.1, 0.15) is 40.0 Å². The highest BCUT2D eigenvalue weighted by molar-refractivity contribution is 4.86. The number of piperazine rings is 1. The van der Waals surface area contributed by atoms with Gasteiger partial charge in [-0.25, -0.2) is 0 Å². The van der Waals surface area contributed by atoms with E-state index in [0.717, 1.165) is 25.9 Å². The van der Waals surface area contributed by atoms with Crippen molar-refractivity contribution >= 4 is 0 Å². The summed E-state index contributed by atoms with van der Waals surface area (Å²) in [5, 5.41) is 3.46. The molecule has 1 aliphatic heterocycles. The average Bonchev–Trinajstić information content (AvgIpc) is 2.25. The van der Waals surface area contributed by atoms with Crippen molar-refractivity contribution in [3.63, 3.8) is 0 Å². The maximum Gasteiger partial charge on any atom is 0.390 e. The zero-order valence-electron chi connectivity index (χ0n) is 11.6. The summed E-state index contributed by atoms with van der Waals surface area (Å²) in [5.41, 5.74) is 0. The Morgan fingerprint density at radius 3 is 2.50 bits per heavy atom. The molecule has 1 heterocycles. The van der Waals surface area contributed by atoms with Crippen LogP contribution in [0.25, 0.3) is 0 Å². The van der Waals surface area contributed by atoms with Crippen molar-refractivity contribution in [1.29, 1.82) is 0 Å². The van der Waals surface area contributed by atoms with Gasteiger partial charge in [-0.3, -0.25) is 4.90 Å². The molecule has 1 fully saturated rings. The topological polar surface area (TPSA) is 15.3 Å². The van der Waals surface area contributed by atoms with Gasteiger partial charge in [-0.1, -0.05) is 20.8 Å². The Balaban J connectivity index is 2.48. The molecule has 0 aromatic rings. The second kappa shape index (κ2) is 6.75. The molecule has 0 radical (unpaired) electrons. The molecule has 2 nitrogen and oxygen atoms in total. The normalized spacial score (nSPS) is 26.8. The first-order chi connectivity index (χ1) is 8.31. The van der Waals surface area contributed by atoms with Crippen molar-refractivity contribution in [3.8, 4) is 0 Å². The van der Waals surface area contributed by atoms with E-state index < -0.39 is 12.6 Å². The van der Waals surface area contributed by atoms with Gasteiger partial charge in [0.15, 0.2) is 0 Å². The third-order valence-corrected chi connectivity index (χ3v) is 3.52. The lowest BCUT2D eigenvalue weighted by atomic mass is 9.99. The van der Waals surface area contributed by atoms with Gasteiger partial charge in [-0.05, 0) is 18.8 Å². The number of rotatable bonds is 5. The molecular formula is C13H25F3N2. The highest BCUT2D eigenvalue weighted by Gasteiger charge is 2.32. The van der Waals surface area contributed by atoms with Crippen molar-refractivity contribution < 1.29 is 13.2 Å². The summed E-state index contributed by atoms with van der Waals surface area (Å²) < 4.78 is 36.9. The molecule has 2 atom stereocenters. The fraction of sp³-hybridized carbons (Fsp3) is 1.00. The van der Waals surface area contributed by atoms with E-state index in [0.29, 0.717) is 12.0 Å². The lowest BCUT2D eigenvalue weighted by molar-refractivity contribution is -0.140. The van der Waals surface area contributed by atoms with Crippen LogP contribution in [0, 0.1) is 5.92 Å². The Morgan fingerprint density at radius 2 is 2.00 bits per heavy atom. The molecule has 1 aliphatic rings. The van der Waals surface area contributed by atoms with Crippen LogP contribution in [0.5, 0.6) is 0 Å². The van der Waals surface area contributed by atoms with Gasteiger partial charge in [0.2, 0.25) is 0 Å². The Kier molecular flexibility index (Phi) is 5.92. The summed E-state index contributed by atoms with van der Waals surface area (Å²) in [7, 11) is 0. The van der Waals surface area contributed by atoms with Gasteiger partial charge >= 0.3 is 6.18 Å². The zero-order chi connectivity index (χ0) is 13.8. The number of halogens is 3. The summed E-state index contributed by atoms with van der Waals surface area (Å²) in [6, 6.07) is 0.580. The molecule has 18 heavy (non-hydrogen) atoms.